The summed E-state index contributed by atoms with van der Waals surface area (Å²) in [5.41, 5.74) is 1.60. The Hall–Kier alpha value is -2.70. The van der Waals surface area contributed by atoms with Crippen LogP contribution in [0.5, 0.6) is 0 Å². The highest BCUT2D eigenvalue weighted by atomic mass is 31.1. The smallest absolute Gasteiger partial charge is 0.339 e. The molecule has 0 amide bonds. The normalized spacial score (nSPS) is 15.3. The van der Waals surface area contributed by atoms with Crippen LogP contribution in [0.15, 0.2) is 97.1 Å². The van der Waals surface area contributed by atoms with Crippen molar-refractivity contribution in [2.75, 3.05) is 0 Å². The Morgan fingerprint density at radius 2 is 1.38 bits per heavy atom. The molecule has 0 heterocycles. The van der Waals surface area contributed by atoms with Crippen molar-refractivity contribution in [1.82, 2.24) is 0 Å². The highest BCUT2D eigenvalue weighted by molar-refractivity contribution is 7.80. The quantitative estimate of drug-likeness (QED) is 0.250. The van der Waals surface area contributed by atoms with Gasteiger partial charge in [-0.3, -0.25) is 0 Å². The summed E-state index contributed by atoms with van der Waals surface area (Å²) in [4.78, 5) is 13.5. The molecule has 3 aromatic rings. The predicted molar refractivity (Wildman–Crippen MR) is 136 cm³/mol. The molecule has 164 valence electrons. The maximum Gasteiger partial charge on any atom is 0.339 e. The lowest BCUT2D eigenvalue weighted by atomic mass is 9.83. The van der Waals surface area contributed by atoms with E-state index in [1.807, 2.05) is 37.3 Å². The van der Waals surface area contributed by atoms with Crippen molar-refractivity contribution in [3.8, 4) is 0 Å². The van der Waals surface area contributed by atoms with Crippen molar-refractivity contribution in [3.63, 3.8) is 0 Å². The van der Waals surface area contributed by atoms with E-state index in [4.69, 9.17) is 4.74 Å². The number of carbonyl (C=O) groups excluding carboxylic acids is 1. The summed E-state index contributed by atoms with van der Waals surface area (Å²) in [6.07, 6.45) is 5.68. The van der Waals surface area contributed by atoms with Crippen molar-refractivity contribution < 1.29 is 9.53 Å². The van der Waals surface area contributed by atoms with Crippen LogP contribution in [0.25, 0.3) is 0 Å². The van der Waals surface area contributed by atoms with Gasteiger partial charge in [-0.2, -0.15) is 0 Å². The summed E-state index contributed by atoms with van der Waals surface area (Å²) < 4.78 is 6.17. The molecule has 0 saturated heterocycles. The Morgan fingerprint density at radius 3 is 1.94 bits per heavy atom. The molecule has 0 aromatic heterocycles. The molecule has 0 spiro atoms. The average Bonchev–Trinajstić information content (AvgIpc) is 2.84. The number of ether oxygens (including phenoxy) is 1. The molecule has 1 saturated carbocycles. The molecule has 1 fully saturated rings. The van der Waals surface area contributed by atoms with Gasteiger partial charge in [-0.05, 0) is 61.2 Å². The van der Waals surface area contributed by atoms with E-state index in [9.17, 15) is 4.79 Å². The van der Waals surface area contributed by atoms with Crippen LogP contribution in [0.2, 0.25) is 0 Å². The molecule has 1 aliphatic carbocycles. The first kappa shape index (κ1) is 22.5. The molecule has 0 aliphatic heterocycles. The molecule has 1 aliphatic rings. The second-order valence-electron chi connectivity index (χ2n) is 8.59. The minimum atomic E-state index is -0.877. The molecule has 4 rings (SSSR count). The van der Waals surface area contributed by atoms with Gasteiger partial charge in [-0.1, -0.05) is 105 Å². The third-order valence-corrected chi connectivity index (χ3v) is 8.69. The second-order valence-corrected chi connectivity index (χ2v) is 10.8. The van der Waals surface area contributed by atoms with Crippen LogP contribution in [0, 0.1) is 5.92 Å². The predicted octanol–water partition coefficient (Wildman–Crippen LogP) is 6.13. The third-order valence-electron chi connectivity index (χ3n) is 6.19. The van der Waals surface area contributed by atoms with Gasteiger partial charge in [0.05, 0.1) is 5.56 Å². The first-order chi connectivity index (χ1) is 15.6. The van der Waals surface area contributed by atoms with Crippen LogP contribution in [0.4, 0.5) is 0 Å². The van der Waals surface area contributed by atoms with E-state index in [1.54, 1.807) is 0 Å². The Balaban J connectivity index is 1.70. The number of benzene rings is 3. The van der Waals surface area contributed by atoms with E-state index in [2.05, 4.69) is 61.2 Å². The lowest BCUT2D eigenvalue weighted by Gasteiger charge is -2.31. The fourth-order valence-electron chi connectivity index (χ4n) is 4.64. The van der Waals surface area contributed by atoms with Crippen molar-refractivity contribution in [1.29, 1.82) is 0 Å². The van der Waals surface area contributed by atoms with Crippen LogP contribution in [0.3, 0.4) is 0 Å². The van der Waals surface area contributed by atoms with Gasteiger partial charge in [0.25, 0.3) is 0 Å². The van der Waals surface area contributed by atoms with Crippen molar-refractivity contribution >= 4 is 29.8 Å². The van der Waals surface area contributed by atoms with E-state index in [0.29, 0.717) is 11.5 Å². The lowest BCUT2D eigenvalue weighted by Crippen LogP contribution is -2.32. The SMILES string of the molecule is C=C(C)[C@@H](OC(=O)c1ccccc1P(c1ccccc1)c1ccccc1)C1CCCCC1. The zero-order chi connectivity index (χ0) is 22.3. The Morgan fingerprint density at radius 1 is 0.844 bits per heavy atom. The maximum atomic E-state index is 13.5. The zero-order valence-corrected chi connectivity index (χ0v) is 19.6. The molecular weight excluding hydrogens is 411 g/mol. The van der Waals surface area contributed by atoms with Gasteiger partial charge in [-0.15, -0.1) is 0 Å². The van der Waals surface area contributed by atoms with E-state index in [-0.39, 0.29) is 12.1 Å². The molecule has 0 unspecified atom stereocenters. The summed E-state index contributed by atoms with van der Waals surface area (Å²) >= 11 is 0. The monoisotopic (exact) mass is 442 g/mol. The number of hydrogen-bond acceptors (Lipinski definition) is 2. The number of hydrogen-bond donors (Lipinski definition) is 0. The molecule has 32 heavy (non-hydrogen) atoms. The molecule has 2 nitrogen and oxygen atoms in total. The number of carbonyl (C=O) groups is 1. The van der Waals surface area contributed by atoms with Crippen LogP contribution >= 0.6 is 7.92 Å². The fraction of sp³-hybridized carbons (Fsp3) is 0.276. The molecule has 1 atom stereocenters. The standard InChI is InChI=1S/C29H31O2P/c1-22(2)28(23-14-6-3-7-15-23)31-29(30)26-20-12-13-21-27(26)32(24-16-8-4-9-17-24)25-18-10-5-11-19-25/h4-5,8-13,16-21,23,28H,1,3,6-7,14-15H2,2H3/t28-/m1/s1. The Labute approximate surface area is 193 Å². The fourth-order valence-corrected chi connectivity index (χ4v) is 7.07. The van der Waals surface area contributed by atoms with Crippen molar-refractivity contribution in [2.24, 2.45) is 5.92 Å². The van der Waals surface area contributed by atoms with Gasteiger partial charge in [0.2, 0.25) is 0 Å². The van der Waals surface area contributed by atoms with Crippen LogP contribution in [0.1, 0.15) is 49.4 Å². The second kappa shape index (κ2) is 10.7. The van der Waals surface area contributed by atoms with Gasteiger partial charge in [0.1, 0.15) is 6.10 Å². The summed E-state index contributed by atoms with van der Waals surface area (Å²) in [7, 11) is -0.877. The summed E-state index contributed by atoms with van der Waals surface area (Å²) in [5, 5.41) is 3.48. The highest BCUT2D eigenvalue weighted by Gasteiger charge is 2.30. The maximum absolute atomic E-state index is 13.5. The minimum Gasteiger partial charge on any atom is -0.454 e. The van der Waals surface area contributed by atoms with E-state index < -0.39 is 7.92 Å². The first-order valence-electron chi connectivity index (χ1n) is 11.5. The Kier molecular flexibility index (Phi) is 7.55. The van der Waals surface area contributed by atoms with Crippen molar-refractivity contribution in [3.05, 3.63) is 103 Å². The number of rotatable bonds is 7. The van der Waals surface area contributed by atoms with E-state index in [1.165, 1.54) is 29.9 Å². The molecular formula is C29H31O2P. The molecule has 3 aromatic carbocycles. The number of esters is 1. The highest BCUT2D eigenvalue weighted by Crippen LogP contribution is 2.35. The molecule has 0 bridgehead atoms. The third kappa shape index (κ3) is 5.19. The summed E-state index contributed by atoms with van der Waals surface area (Å²) in [6, 6.07) is 28.9. The topological polar surface area (TPSA) is 26.3 Å². The largest absolute Gasteiger partial charge is 0.454 e. The van der Waals surface area contributed by atoms with E-state index in [0.717, 1.165) is 23.7 Å². The van der Waals surface area contributed by atoms with Crippen LogP contribution in [-0.2, 0) is 4.74 Å². The van der Waals surface area contributed by atoms with Gasteiger partial charge in [0.15, 0.2) is 0 Å². The zero-order valence-electron chi connectivity index (χ0n) is 18.7. The van der Waals surface area contributed by atoms with E-state index >= 15 is 0 Å². The first-order valence-corrected chi connectivity index (χ1v) is 12.8. The summed E-state index contributed by atoms with van der Waals surface area (Å²) in [6.45, 7) is 6.14. The van der Waals surface area contributed by atoms with Gasteiger partial charge >= 0.3 is 5.97 Å². The molecule has 0 radical (unpaired) electrons. The molecule has 0 N–H and O–H groups in total. The van der Waals surface area contributed by atoms with Gasteiger partial charge in [0, 0.05) is 0 Å². The lowest BCUT2D eigenvalue weighted by molar-refractivity contribution is 0.0196. The Bertz CT molecular complexity index is 1000. The molecule has 3 heteroatoms. The van der Waals surface area contributed by atoms with Gasteiger partial charge < -0.3 is 4.74 Å². The van der Waals surface area contributed by atoms with Crippen LogP contribution in [-0.4, -0.2) is 12.1 Å². The summed E-state index contributed by atoms with van der Waals surface area (Å²) in [5.74, 6) is 0.139. The average molecular weight is 443 g/mol. The van der Waals surface area contributed by atoms with Crippen molar-refractivity contribution in [2.45, 2.75) is 45.1 Å². The van der Waals surface area contributed by atoms with Gasteiger partial charge in [-0.25, -0.2) is 4.79 Å². The minimum absolute atomic E-state index is 0.212. The van der Waals surface area contributed by atoms with Crippen LogP contribution < -0.4 is 15.9 Å².